The Labute approximate surface area is 258 Å². The van der Waals surface area contributed by atoms with Crippen LogP contribution in [0.4, 0.5) is 0 Å². The molecule has 3 amide bonds. The van der Waals surface area contributed by atoms with E-state index in [1.807, 2.05) is 63.2 Å². The van der Waals surface area contributed by atoms with Gasteiger partial charge in [-0.25, -0.2) is 0 Å². The fraction of sp³-hybridized carbons (Fsp3) is 0.471. The number of esters is 1. The van der Waals surface area contributed by atoms with Gasteiger partial charge in [-0.15, -0.1) is 0 Å². The molecule has 236 valence electrons. The van der Waals surface area contributed by atoms with E-state index >= 15 is 0 Å². The van der Waals surface area contributed by atoms with Gasteiger partial charge in [0.2, 0.25) is 11.8 Å². The van der Waals surface area contributed by atoms with Crippen LogP contribution in [0.3, 0.4) is 0 Å². The highest BCUT2D eigenvalue weighted by Gasteiger charge is 2.46. The van der Waals surface area contributed by atoms with Crippen LogP contribution in [0.2, 0.25) is 0 Å². The molecule has 0 aliphatic carbocycles. The van der Waals surface area contributed by atoms with E-state index in [2.05, 4.69) is 16.0 Å². The van der Waals surface area contributed by atoms with Gasteiger partial charge in [0.15, 0.2) is 6.10 Å². The second-order valence-corrected chi connectivity index (χ2v) is 11.8. The van der Waals surface area contributed by atoms with Gasteiger partial charge in [0.1, 0.15) is 17.9 Å². The van der Waals surface area contributed by atoms with Crippen molar-refractivity contribution in [1.82, 2.24) is 16.0 Å². The van der Waals surface area contributed by atoms with E-state index in [-0.39, 0.29) is 43.4 Å². The summed E-state index contributed by atoms with van der Waals surface area (Å²) in [7, 11) is 1.57. The quantitative estimate of drug-likeness (QED) is 0.310. The number of carbonyl (C=O) groups excluding carboxylic acids is 4. The molecule has 2 aromatic rings. The summed E-state index contributed by atoms with van der Waals surface area (Å²) in [6.45, 7) is 5.90. The minimum absolute atomic E-state index is 0.00193. The number of epoxide rings is 1. The fourth-order valence-electron chi connectivity index (χ4n) is 5.36. The third-order valence-electron chi connectivity index (χ3n) is 7.91. The van der Waals surface area contributed by atoms with E-state index < -0.39 is 41.9 Å². The molecule has 0 saturated carbocycles. The summed E-state index contributed by atoms with van der Waals surface area (Å²) < 4.78 is 16.9. The molecule has 2 aliphatic heterocycles. The van der Waals surface area contributed by atoms with E-state index in [0.717, 1.165) is 11.1 Å². The molecule has 1 unspecified atom stereocenters. The first kappa shape index (κ1) is 32.7. The van der Waals surface area contributed by atoms with Gasteiger partial charge >= 0.3 is 5.97 Å². The van der Waals surface area contributed by atoms with E-state index in [0.29, 0.717) is 18.6 Å². The predicted molar refractivity (Wildman–Crippen MR) is 164 cm³/mol. The maximum absolute atomic E-state index is 13.5. The zero-order valence-corrected chi connectivity index (χ0v) is 25.8. The molecule has 2 aromatic carbocycles. The zero-order valence-electron chi connectivity index (χ0n) is 25.8. The van der Waals surface area contributed by atoms with Crippen LogP contribution in [0.25, 0.3) is 0 Å². The van der Waals surface area contributed by atoms with Crippen molar-refractivity contribution in [2.75, 3.05) is 13.7 Å². The molecular formula is C34H43N3O7. The summed E-state index contributed by atoms with van der Waals surface area (Å²) in [6, 6.07) is 15.8. The van der Waals surface area contributed by atoms with Crippen LogP contribution < -0.4 is 20.7 Å². The maximum atomic E-state index is 13.5. The smallest absolute Gasteiger partial charge is 0.308 e. The Morgan fingerprint density at radius 1 is 0.932 bits per heavy atom. The summed E-state index contributed by atoms with van der Waals surface area (Å²) in [5.41, 5.74) is 1.89. The minimum Gasteiger partial charge on any atom is -0.497 e. The van der Waals surface area contributed by atoms with Gasteiger partial charge in [-0.1, -0.05) is 69.3 Å². The van der Waals surface area contributed by atoms with E-state index in [9.17, 15) is 19.2 Å². The Balaban J connectivity index is 1.54. The molecule has 4 rings (SSSR count). The van der Waals surface area contributed by atoms with Gasteiger partial charge in [0.05, 0.1) is 19.6 Å². The van der Waals surface area contributed by atoms with Crippen LogP contribution in [0.15, 0.2) is 66.7 Å². The number of amides is 3. The van der Waals surface area contributed by atoms with Crippen molar-refractivity contribution in [3.8, 4) is 5.75 Å². The van der Waals surface area contributed by atoms with Crippen LogP contribution in [-0.2, 0) is 35.1 Å². The molecule has 0 spiro atoms. The first-order valence-electron chi connectivity index (χ1n) is 15.2. The molecular weight excluding hydrogens is 562 g/mol. The Kier molecular flexibility index (Phi) is 11.5. The average Bonchev–Trinajstić information content (AvgIpc) is 3.81. The second-order valence-electron chi connectivity index (χ2n) is 11.8. The molecule has 44 heavy (non-hydrogen) atoms. The zero-order chi connectivity index (χ0) is 31.6. The Morgan fingerprint density at radius 3 is 2.34 bits per heavy atom. The lowest BCUT2D eigenvalue weighted by Crippen LogP contribution is -2.49. The van der Waals surface area contributed by atoms with Crippen LogP contribution in [0.5, 0.6) is 5.75 Å². The molecule has 0 bridgehead atoms. The van der Waals surface area contributed by atoms with E-state index in [4.69, 9.17) is 14.2 Å². The normalized spacial score (nSPS) is 26.5. The molecule has 2 heterocycles. The van der Waals surface area contributed by atoms with Crippen molar-refractivity contribution in [1.29, 1.82) is 0 Å². The highest BCUT2D eigenvalue weighted by atomic mass is 16.6. The summed E-state index contributed by atoms with van der Waals surface area (Å²) in [4.78, 5) is 52.3. The largest absolute Gasteiger partial charge is 0.497 e. The first-order valence-corrected chi connectivity index (χ1v) is 15.2. The minimum atomic E-state index is -0.985. The van der Waals surface area contributed by atoms with Crippen molar-refractivity contribution >= 4 is 23.7 Å². The van der Waals surface area contributed by atoms with Crippen molar-refractivity contribution in [3.05, 3.63) is 77.9 Å². The number of carbonyl (C=O) groups is 4. The standard InChI is InChI=1S/C34H43N3O7/c1-21(2)19-28-34(41)37-26(22(3)31-32(44-31)24-9-6-5-7-10-24)11-8-12-29(38)36-27(33(40)35-18-17-30(39)43-28)20-23-13-15-25(42-4)16-14-23/h5-10,12-16,21-22,26-28,31-32H,11,17-20H2,1-4H3,(H,35,40)(H,36,38)(H,37,41)/b12-8+/t22-,26-,27?,28-,31+,32+/m0/s1. The molecule has 0 aromatic heterocycles. The number of benzene rings is 2. The third kappa shape index (κ3) is 9.41. The van der Waals surface area contributed by atoms with Crippen LogP contribution in [0, 0.1) is 11.8 Å². The molecule has 1 saturated heterocycles. The summed E-state index contributed by atoms with van der Waals surface area (Å²) in [5.74, 6) is -1.19. The lowest BCUT2D eigenvalue weighted by Gasteiger charge is -2.27. The highest BCUT2D eigenvalue weighted by Crippen LogP contribution is 2.44. The second kappa shape index (κ2) is 15.5. The topological polar surface area (TPSA) is 135 Å². The molecule has 1 fully saturated rings. The molecule has 3 N–H and O–H groups in total. The van der Waals surface area contributed by atoms with E-state index in [1.165, 1.54) is 6.08 Å². The first-order chi connectivity index (χ1) is 21.1. The number of nitrogens with one attached hydrogen (secondary N) is 3. The number of methoxy groups -OCH3 is 1. The van der Waals surface area contributed by atoms with Gasteiger partial charge in [-0.2, -0.15) is 0 Å². The van der Waals surface area contributed by atoms with Crippen molar-refractivity contribution < 1.29 is 33.4 Å². The molecule has 2 aliphatic rings. The number of rotatable bonds is 8. The predicted octanol–water partition coefficient (Wildman–Crippen LogP) is 3.41. The number of cyclic esters (lactones) is 1. The fourth-order valence-corrected chi connectivity index (χ4v) is 5.36. The van der Waals surface area contributed by atoms with Crippen molar-refractivity contribution in [2.45, 2.75) is 76.9 Å². The number of hydrogen-bond donors (Lipinski definition) is 3. The Hall–Kier alpha value is -4.18. The molecule has 10 nitrogen and oxygen atoms in total. The van der Waals surface area contributed by atoms with Crippen molar-refractivity contribution in [3.63, 3.8) is 0 Å². The number of ether oxygens (including phenoxy) is 3. The van der Waals surface area contributed by atoms with Crippen LogP contribution in [0.1, 0.15) is 57.3 Å². The lowest BCUT2D eigenvalue weighted by atomic mass is 9.91. The Bertz CT molecular complexity index is 1310. The monoisotopic (exact) mass is 605 g/mol. The molecule has 6 atom stereocenters. The average molecular weight is 606 g/mol. The van der Waals surface area contributed by atoms with Crippen molar-refractivity contribution in [2.24, 2.45) is 11.8 Å². The molecule has 10 heteroatoms. The van der Waals surface area contributed by atoms with E-state index in [1.54, 1.807) is 25.3 Å². The van der Waals surface area contributed by atoms with Gasteiger partial charge in [0.25, 0.3) is 5.91 Å². The van der Waals surface area contributed by atoms with Gasteiger partial charge in [-0.05, 0) is 48.1 Å². The Morgan fingerprint density at radius 2 is 1.66 bits per heavy atom. The summed E-state index contributed by atoms with van der Waals surface area (Å²) in [5, 5.41) is 8.58. The number of hydrogen-bond acceptors (Lipinski definition) is 7. The maximum Gasteiger partial charge on any atom is 0.308 e. The third-order valence-corrected chi connectivity index (χ3v) is 7.91. The molecule has 0 radical (unpaired) electrons. The highest BCUT2D eigenvalue weighted by molar-refractivity contribution is 5.93. The van der Waals surface area contributed by atoms with Crippen LogP contribution >= 0.6 is 0 Å². The SMILES string of the molecule is COc1ccc(CC2NC(=O)/C=C/C[C@@H]([C@H](C)[C@H]3O[C@@H]3c3ccccc3)NC(=O)[C@H](CC(C)C)OC(=O)CCNC2=O)cc1. The van der Waals surface area contributed by atoms with Gasteiger partial charge in [0, 0.05) is 24.9 Å². The van der Waals surface area contributed by atoms with Gasteiger partial charge in [-0.3, -0.25) is 19.2 Å². The summed E-state index contributed by atoms with van der Waals surface area (Å²) in [6.07, 6.45) is 2.68. The lowest BCUT2D eigenvalue weighted by molar-refractivity contribution is -0.157. The van der Waals surface area contributed by atoms with Gasteiger partial charge < -0.3 is 30.2 Å². The van der Waals surface area contributed by atoms with Crippen LogP contribution in [-0.4, -0.2) is 61.6 Å². The summed E-state index contributed by atoms with van der Waals surface area (Å²) >= 11 is 0.